The molecule has 2 aromatic carbocycles. The number of halogens is 3. The van der Waals surface area contributed by atoms with Gasteiger partial charge in [0.2, 0.25) is 0 Å². The Bertz CT molecular complexity index is 698. The van der Waals surface area contributed by atoms with Gasteiger partial charge in [-0.25, -0.2) is 8.78 Å². The van der Waals surface area contributed by atoms with Crippen molar-refractivity contribution in [2.45, 2.75) is 19.6 Å². The fourth-order valence-electron chi connectivity index (χ4n) is 2.11. The van der Waals surface area contributed by atoms with Crippen molar-refractivity contribution >= 4 is 29.9 Å². The normalized spacial score (nSPS) is 12.1. The molecule has 0 bridgehead atoms. The minimum Gasteiger partial charge on any atom is -0.489 e. The van der Waals surface area contributed by atoms with Crippen molar-refractivity contribution in [2.24, 2.45) is 4.99 Å². The number of rotatable bonds is 6. The molecule has 2 rings (SSSR count). The summed E-state index contributed by atoms with van der Waals surface area (Å²) in [5.41, 5.74) is 0.821. The van der Waals surface area contributed by atoms with Gasteiger partial charge in [0, 0.05) is 19.7 Å². The van der Waals surface area contributed by atoms with Crippen LogP contribution in [-0.2, 0) is 6.54 Å². The van der Waals surface area contributed by atoms with E-state index in [1.165, 1.54) is 24.3 Å². The van der Waals surface area contributed by atoms with E-state index in [-0.39, 0.29) is 41.7 Å². The predicted octanol–water partition coefficient (Wildman–Crippen LogP) is 3.72. The van der Waals surface area contributed by atoms with Crippen molar-refractivity contribution in [1.29, 1.82) is 0 Å². The molecule has 0 saturated carbocycles. The first-order chi connectivity index (χ1) is 11.6. The number of benzene rings is 2. The van der Waals surface area contributed by atoms with Gasteiger partial charge in [-0.3, -0.25) is 4.99 Å². The quantitative estimate of drug-likeness (QED) is 0.392. The Morgan fingerprint density at radius 2 is 1.76 bits per heavy atom. The molecule has 0 radical (unpaired) electrons. The summed E-state index contributed by atoms with van der Waals surface area (Å²) in [7, 11) is 1.65. The zero-order chi connectivity index (χ0) is 17.4. The summed E-state index contributed by atoms with van der Waals surface area (Å²) in [4.78, 5) is 4.10. The Kier molecular flexibility index (Phi) is 9.18. The van der Waals surface area contributed by atoms with Gasteiger partial charge in [0.15, 0.2) is 5.96 Å². The lowest BCUT2D eigenvalue weighted by atomic mass is 10.2. The monoisotopic (exact) mass is 461 g/mol. The number of aliphatic imine (C=N–C) groups is 1. The second kappa shape index (κ2) is 10.9. The predicted molar refractivity (Wildman–Crippen MR) is 107 cm³/mol. The zero-order valence-corrected chi connectivity index (χ0v) is 16.5. The maximum Gasteiger partial charge on any atom is 0.191 e. The van der Waals surface area contributed by atoms with Crippen LogP contribution in [0.4, 0.5) is 8.78 Å². The summed E-state index contributed by atoms with van der Waals surface area (Å²) in [5, 5.41) is 6.21. The van der Waals surface area contributed by atoms with E-state index in [1.54, 1.807) is 25.2 Å². The molecule has 2 aromatic rings. The largest absolute Gasteiger partial charge is 0.489 e. The standard InChI is InChI=1S/C18H21F2N3O.HI/c1-13(24-17-8-4-7-16(20)10-17)11-22-18(21-2)23-12-14-5-3-6-15(19)9-14;/h3-10,13H,11-12H2,1-2H3,(H2,21,22,23);1H. The second-order valence-corrected chi connectivity index (χ2v) is 5.32. The summed E-state index contributed by atoms with van der Waals surface area (Å²) in [6.45, 7) is 2.81. The van der Waals surface area contributed by atoms with E-state index in [0.29, 0.717) is 24.8 Å². The van der Waals surface area contributed by atoms with Gasteiger partial charge in [0.1, 0.15) is 23.5 Å². The molecule has 0 fully saturated rings. The van der Waals surface area contributed by atoms with E-state index in [0.717, 1.165) is 5.56 Å². The Morgan fingerprint density at radius 3 is 2.40 bits per heavy atom. The lowest BCUT2D eigenvalue weighted by Gasteiger charge is -2.18. The Morgan fingerprint density at radius 1 is 1.08 bits per heavy atom. The van der Waals surface area contributed by atoms with Crippen LogP contribution < -0.4 is 15.4 Å². The molecule has 1 unspecified atom stereocenters. The first-order valence-electron chi connectivity index (χ1n) is 7.68. The number of ether oxygens (including phenoxy) is 1. The van der Waals surface area contributed by atoms with Gasteiger partial charge in [-0.2, -0.15) is 0 Å². The minimum atomic E-state index is -0.333. The molecule has 0 aromatic heterocycles. The molecule has 0 aliphatic heterocycles. The maximum atomic E-state index is 13.1. The molecule has 0 saturated heterocycles. The number of hydrogen-bond acceptors (Lipinski definition) is 2. The van der Waals surface area contributed by atoms with E-state index < -0.39 is 0 Å². The summed E-state index contributed by atoms with van der Waals surface area (Å²) in [6.07, 6.45) is -0.181. The lowest BCUT2D eigenvalue weighted by Crippen LogP contribution is -2.41. The zero-order valence-electron chi connectivity index (χ0n) is 14.1. The summed E-state index contributed by atoms with van der Waals surface area (Å²) < 4.78 is 31.9. The molecule has 0 amide bonds. The lowest BCUT2D eigenvalue weighted by molar-refractivity contribution is 0.223. The van der Waals surface area contributed by atoms with Crippen molar-refractivity contribution in [1.82, 2.24) is 10.6 Å². The highest BCUT2D eigenvalue weighted by atomic mass is 127. The van der Waals surface area contributed by atoms with Gasteiger partial charge >= 0.3 is 0 Å². The Balaban J connectivity index is 0.00000312. The van der Waals surface area contributed by atoms with Crippen LogP contribution in [0.3, 0.4) is 0 Å². The molecule has 136 valence electrons. The Hall–Kier alpha value is -1.90. The topological polar surface area (TPSA) is 45.7 Å². The molecule has 0 aliphatic rings. The van der Waals surface area contributed by atoms with Crippen LogP contribution >= 0.6 is 24.0 Å². The molecule has 1 atom stereocenters. The van der Waals surface area contributed by atoms with Crippen molar-refractivity contribution in [3.63, 3.8) is 0 Å². The third-order valence-corrected chi connectivity index (χ3v) is 3.26. The molecule has 2 N–H and O–H groups in total. The molecular formula is C18H22F2IN3O. The van der Waals surface area contributed by atoms with Gasteiger partial charge in [-0.1, -0.05) is 18.2 Å². The SMILES string of the molecule is CN=C(NCc1cccc(F)c1)NCC(C)Oc1cccc(F)c1.I. The number of nitrogens with one attached hydrogen (secondary N) is 2. The van der Waals surface area contributed by atoms with Crippen LogP contribution in [0.2, 0.25) is 0 Å². The van der Waals surface area contributed by atoms with E-state index in [1.807, 2.05) is 13.0 Å². The highest BCUT2D eigenvalue weighted by Crippen LogP contribution is 2.13. The molecule has 0 aliphatic carbocycles. The van der Waals surface area contributed by atoms with Crippen LogP contribution in [-0.4, -0.2) is 25.7 Å². The van der Waals surface area contributed by atoms with Crippen LogP contribution in [0.5, 0.6) is 5.75 Å². The summed E-state index contributed by atoms with van der Waals surface area (Å²) in [6, 6.07) is 12.4. The number of nitrogens with zero attached hydrogens (tertiary/aromatic N) is 1. The number of guanidine groups is 1. The molecule has 4 nitrogen and oxygen atoms in total. The summed E-state index contributed by atoms with van der Waals surface area (Å²) in [5.74, 6) is 0.454. The van der Waals surface area contributed by atoms with Crippen molar-refractivity contribution < 1.29 is 13.5 Å². The van der Waals surface area contributed by atoms with Crippen molar-refractivity contribution in [2.75, 3.05) is 13.6 Å². The van der Waals surface area contributed by atoms with Crippen LogP contribution in [0, 0.1) is 11.6 Å². The van der Waals surface area contributed by atoms with Crippen LogP contribution in [0.25, 0.3) is 0 Å². The van der Waals surface area contributed by atoms with Crippen LogP contribution in [0.1, 0.15) is 12.5 Å². The summed E-state index contributed by atoms with van der Waals surface area (Å²) >= 11 is 0. The average Bonchev–Trinajstić information content (AvgIpc) is 2.55. The van der Waals surface area contributed by atoms with E-state index in [2.05, 4.69) is 15.6 Å². The molecule has 0 heterocycles. The Labute approximate surface area is 163 Å². The fourth-order valence-corrected chi connectivity index (χ4v) is 2.11. The maximum absolute atomic E-state index is 13.1. The van der Waals surface area contributed by atoms with Gasteiger partial charge < -0.3 is 15.4 Å². The highest BCUT2D eigenvalue weighted by Gasteiger charge is 2.06. The number of hydrogen-bond donors (Lipinski definition) is 2. The van der Waals surface area contributed by atoms with Gasteiger partial charge in [-0.05, 0) is 36.8 Å². The van der Waals surface area contributed by atoms with E-state index in [9.17, 15) is 8.78 Å². The van der Waals surface area contributed by atoms with E-state index in [4.69, 9.17) is 4.74 Å². The second-order valence-electron chi connectivity index (χ2n) is 5.32. The van der Waals surface area contributed by atoms with E-state index >= 15 is 0 Å². The average molecular weight is 461 g/mol. The molecule has 7 heteroatoms. The molecule has 25 heavy (non-hydrogen) atoms. The van der Waals surface area contributed by atoms with Crippen molar-refractivity contribution in [3.05, 3.63) is 65.7 Å². The molecule has 0 spiro atoms. The molecular weight excluding hydrogens is 439 g/mol. The van der Waals surface area contributed by atoms with Crippen LogP contribution in [0.15, 0.2) is 53.5 Å². The van der Waals surface area contributed by atoms with Gasteiger partial charge in [0.25, 0.3) is 0 Å². The smallest absolute Gasteiger partial charge is 0.191 e. The minimum absolute atomic E-state index is 0. The van der Waals surface area contributed by atoms with Gasteiger partial charge in [0.05, 0.1) is 6.54 Å². The first-order valence-corrected chi connectivity index (χ1v) is 7.68. The third-order valence-electron chi connectivity index (χ3n) is 3.26. The fraction of sp³-hybridized carbons (Fsp3) is 0.278. The van der Waals surface area contributed by atoms with Crippen molar-refractivity contribution in [3.8, 4) is 5.75 Å². The van der Waals surface area contributed by atoms with Gasteiger partial charge in [-0.15, -0.1) is 24.0 Å². The third kappa shape index (κ3) is 7.68. The first kappa shape index (κ1) is 21.1. The highest BCUT2D eigenvalue weighted by molar-refractivity contribution is 14.0.